The fourth-order valence-electron chi connectivity index (χ4n) is 0.692. The largest absolute Gasteiger partial charge is 0.316 e. The zero-order valence-corrected chi connectivity index (χ0v) is 8.28. The lowest BCUT2D eigenvalue weighted by atomic mass is 10.2. The standard InChI is InChI=1S/C7H16IN/c1-2-3-4-6-9-7-5-8/h9H,2-7H2,1H3. The molecule has 0 aromatic carbocycles. The molecule has 0 aliphatic carbocycles. The maximum Gasteiger partial charge on any atom is 0.0121 e. The molecule has 0 saturated heterocycles. The van der Waals surface area contributed by atoms with E-state index in [1.165, 1.54) is 36.8 Å². The van der Waals surface area contributed by atoms with Crippen LogP contribution in [0.3, 0.4) is 0 Å². The van der Waals surface area contributed by atoms with Crippen molar-refractivity contribution in [2.24, 2.45) is 0 Å². The molecule has 1 N–H and O–H groups in total. The van der Waals surface area contributed by atoms with E-state index in [2.05, 4.69) is 34.8 Å². The Bertz CT molecular complexity index is 42.2. The van der Waals surface area contributed by atoms with Gasteiger partial charge < -0.3 is 5.32 Å². The van der Waals surface area contributed by atoms with Gasteiger partial charge >= 0.3 is 0 Å². The van der Waals surface area contributed by atoms with E-state index in [1.807, 2.05) is 0 Å². The van der Waals surface area contributed by atoms with Gasteiger partial charge in [0.25, 0.3) is 0 Å². The van der Waals surface area contributed by atoms with Crippen molar-refractivity contribution in [1.82, 2.24) is 5.32 Å². The molecule has 0 aliphatic heterocycles. The number of nitrogens with one attached hydrogen (secondary N) is 1. The molecule has 0 bridgehead atoms. The van der Waals surface area contributed by atoms with Gasteiger partial charge in [-0.3, -0.25) is 0 Å². The summed E-state index contributed by atoms with van der Waals surface area (Å²) >= 11 is 2.39. The van der Waals surface area contributed by atoms with Crippen LogP contribution in [0.4, 0.5) is 0 Å². The molecule has 0 unspecified atom stereocenters. The lowest BCUT2D eigenvalue weighted by Gasteiger charge is -1.99. The Morgan fingerprint density at radius 1 is 1.22 bits per heavy atom. The van der Waals surface area contributed by atoms with Crippen molar-refractivity contribution in [3.63, 3.8) is 0 Å². The molecule has 1 nitrogen and oxygen atoms in total. The summed E-state index contributed by atoms with van der Waals surface area (Å²) in [4.78, 5) is 0. The highest BCUT2D eigenvalue weighted by atomic mass is 127. The number of hydrogen-bond acceptors (Lipinski definition) is 1. The molecule has 0 saturated carbocycles. The van der Waals surface area contributed by atoms with Gasteiger partial charge in [0.15, 0.2) is 0 Å². The zero-order chi connectivity index (χ0) is 6.95. The van der Waals surface area contributed by atoms with Gasteiger partial charge in [0, 0.05) is 11.0 Å². The van der Waals surface area contributed by atoms with Crippen LogP contribution < -0.4 is 5.32 Å². The highest BCUT2D eigenvalue weighted by molar-refractivity contribution is 14.1. The first kappa shape index (κ1) is 9.69. The molecule has 0 aromatic rings. The van der Waals surface area contributed by atoms with Crippen molar-refractivity contribution in [1.29, 1.82) is 0 Å². The zero-order valence-electron chi connectivity index (χ0n) is 6.12. The van der Waals surface area contributed by atoms with E-state index in [4.69, 9.17) is 0 Å². The number of halogens is 1. The minimum Gasteiger partial charge on any atom is -0.316 e. The Kier molecular flexibility index (Phi) is 9.36. The molecule has 0 aliphatic rings. The predicted octanol–water partition coefficient (Wildman–Crippen LogP) is 2.20. The van der Waals surface area contributed by atoms with Crippen molar-refractivity contribution in [2.45, 2.75) is 26.2 Å². The minimum absolute atomic E-state index is 1.17. The molecule has 0 amide bonds. The van der Waals surface area contributed by atoms with Crippen molar-refractivity contribution < 1.29 is 0 Å². The van der Waals surface area contributed by atoms with E-state index >= 15 is 0 Å². The number of hydrogen-bond donors (Lipinski definition) is 1. The van der Waals surface area contributed by atoms with Crippen molar-refractivity contribution in [3.8, 4) is 0 Å². The first-order valence-corrected chi connectivity index (χ1v) is 5.21. The van der Waals surface area contributed by atoms with Gasteiger partial charge in [-0.1, -0.05) is 42.4 Å². The van der Waals surface area contributed by atoms with Crippen LogP contribution in [0.2, 0.25) is 0 Å². The summed E-state index contributed by atoms with van der Waals surface area (Å²) in [5.41, 5.74) is 0. The van der Waals surface area contributed by atoms with Crippen LogP contribution in [0, 0.1) is 0 Å². The molecular weight excluding hydrogens is 225 g/mol. The lowest BCUT2D eigenvalue weighted by molar-refractivity contribution is 0.637. The maximum atomic E-state index is 3.36. The molecule has 9 heavy (non-hydrogen) atoms. The Morgan fingerprint density at radius 3 is 2.56 bits per heavy atom. The quantitative estimate of drug-likeness (QED) is 0.427. The summed E-state index contributed by atoms with van der Waals surface area (Å²) in [6, 6.07) is 0. The smallest absolute Gasteiger partial charge is 0.0121 e. The van der Waals surface area contributed by atoms with Crippen LogP contribution in [0.15, 0.2) is 0 Å². The fraction of sp³-hybridized carbons (Fsp3) is 1.00. The van der Waals surface area contributed by atoms with Crippen LogP contribution in [-0.2, 0) is 0 Å². The molecule has 0 aromatic heterocycles. The molecule has 2 heteroatoms. The predicted molar refractivity (Wildman–Crippen MR) is 51.3 cm³/mol. The third-order valence-electron chi connectivity index (χ3n) is 1.23. The molecule has 0 atom stereocenters. The normalized spacial score (nSPS) is 10.0. The van der Waals surface area contributed by atoms with Gasteiger partial charge in [-0.2, -0.15) is 0 Å². The van der Waals surface area contributed by atoms with Gasteiger partial charge in [-0.05, 0) is 13.0 Å². The minimum atomic E-state index is 1.17. The third kappa shape index (κ3) is 8.69. The van der Waals surface area contributed by atoms with Gasteiger partial charge in [0.2, 0.25) is 0 Å². The lowest BCUT2D eigenvalue weighted by Crippen LogP contribution is -2.17. The Hall–Kier alpha value is 0.690. The Morgan fingerprint density at radius 2 is 2.00 bits per heavy atom. The van der Waals surface area contributed by atoms with Gasteiger partial charge in [0.05, 0.1) is 0 Å². The molecule has 0 spiro atoms. The Balaban J connectivity index is 2.60. The maximum absolute atomic E-state index is 3.36. The average molecular weight is 241 g/mol. The highest BCUT2D eigenvalue weighted by Crippen LogP contribution is 1.90. The summed E-state index contributed by atoms with van der Waals surface area (Å²) in [6.45, 7) is 4.61. The van der Waals surface area contributed by atoms with Crippen LogP contribution in [-0.4, -0.2) is 17.5 Å². The molecule has 0 rings (SSSR count). The van der Waals surface area contributed by atoms with Crippen molar-refractivity contribution in [2.75, 3.05) is 17.5 Å². The van der Waals surface area contributed by atoms with Gasteiger partial charge in [-0.15, -0.1) is 0 Å². The van der Waals surface area contributed by atoms with E-state index in [9.17, 15) is 0 Å². The molecular formula is C7H16IN. The average Bonchev–Trinajstić information content (AvgIpc) is 1.89. The van der Waals surface area contributed by atoms with Crippen LogP contribution in [0.5, 0.6) is 0 Å². The highest BCUT2D eigenvalue weighted by Gasteiger charge is 1.84. The van der Waals surface area contributed by atoms with Gasteiger partial charge in [0.1, 0.15) is 0 Å². The third-order valence-corrected chi connectivity index (χ3v) is 1.77. The van der Waals surface area contributed by atoms with Crippen LogP contribution in [0.1, 0.15) is 26.2 Å². The molecule has 56 valence electrons. The first-order valence-electron chi connectivity index (χ1n) is 3.68. The summed E-state index contributed by atoms with van der Waals surface area (Å²) in [5, 5.41) is 3.36. The fourth-order valence-corrected chi connectivity index (χ4v) is 1.07. The van der Waals surface area contributed by atoms with Crippen molar-refractivity contribution in [3.05, 3.63) is 0 Å². The second kappa shape index (κ2) is 8.69. The summed E-state index contributed by atoms with van der Waals surface area (Å²) in [5.74, 6) is 0. The van der Waals surface area contributed by atoms with E-state index in [0.717, 1.165) is 0 Å². The summed E-state index contributed by atoms with van der Waals surface area (Å²) < 4.78 is 1.23. The SMILES string of the molecule is CCCCCNCCI. The monoisotopic (exact) mass is 241 g/mol. The van der Waals surface area contributed by atoms with Gasteiger partial charge in [-0.25, -0.2) is 0 Å². The second-order valence-corrected chi connectivity index (χ2v) is 3.22. The topological polar surface area (TPSA) is 12.0 Å². The summed E-state index contributed by atoms with van der Waals surface area (Å²) in [7, 11) is 0. The van der Waals surface area contributed by atoms with E-state index < -0.39 is 0 Å². The van der Waals surface area contributed by atoms with E-state index in [1.54, 1.807) is 0 Å². The number of alkyl halides is 1. The van der Waals surface area contributed by atoms with Crippen molar-refractivity contribution >= 4 is 22.6 Å². The Labute approximate surface area is 71.7 Å². The van der Waals surface area contributed by atoms with E-state index in [-0.39, 0.29) is 0 Å². The second-order valence-electron chi connectivity index (χ2n) is 2.15. The number of rotatable bonds is 6. The molecule has 0 heterocycles. The molecule has 0 fully saturated rings. The molecule has 0 radical (unpaired) electrons. The van der Waals surface area contributed by atoms with E-state index in [0.29, 0.717) is 0 Å². The van der Waals surface area contributed by atoms with Crippen LogP contribution in [0.25, 0.3) is 0 Å². The van der Waals surface area contributed by atoms with Crippen LogP contribution >= 0.6 is 22.6 Å². The number of unbranched alkanes of at least 4 members (excludes halogenated alkanes) is 2. The summed E-state index contributed by atoms with van der Waals surface area (Å²) in [6.07, 6.45) is 4.04. The first-order chi connectivity index (χ1) is 4.41.